The fourth-order valence-electron chi connectivity index (χ4n) is 4.22. The molecule has 0 spiro atoms. The number of ether oxygens (including phenoxy) is 2. The van der Waals surface area contributed by atoms with Gasteiger partial charge in [0.15, 0.2) is 11.5 Å². The molecule has 1 aromatic heterocycles. The Bertz CT molecular complexity index is 956. The van der Waals surface area contributed by atoms with Gasteiger partial charge < -0.3 is 15.2 Å². The van der Waals surface area contributed by atoms with Crippen molar-refractivity contribution in [3.05, 3.63) is 65.9 Å². The first-order valence-corrected chi connectivity index (χ1v) is 9.73. The number of aromatic nitrogens is 2. The smallest absolute Gasteiger partial charge is 0.162 e. The molecule has 5 rings (SSSR count). The molecule has 2 aromatic carbocycles. The van der Waals surface area contributed by atoms with Gasteiger partial charge in [0.25, 0.3) is 0 Å². The molecule has 6 heteroatoms. The lowest BCUT2D eigenvalue weighted by Crippen LogP contribution is -2.28. The van der Waals surface area contributed by atoms with E-state index >= 15 is 0 Å². The van der Waals surface area contributed by atoms with Crippen LogP contribution in [0.2, 0.25) is 0 Å². The van der Waals surface area contributed by atoms with Crippen LogP contribution in [0.25, 0.3) is 11.3 Å². The molecule has 0 aliphatic carbocycles. The Morgan fingerprint density at radius 2 is 1.86 bits per heavy atom. The van der Waals surface area contributed by atoms with Crippen molar-refractivity contribution in [1.82, 2.24) is 15.1 Å². The van der Waals surface area contributed by atoms with Crippen LogP contribution in [0.3, 0.4) is 0 Å². The highest BCUT2D eigenvalue weighted by Crippen LogP contribution is 2.35. The lowest BCUT2D eigenvalue weighted by Gasteiger charge is -2.19. The van der Waals surface area contributed by atoms with E-state index in [0.717, 1.165) is 48.0 Å². The predicted molar refractivity (Wildman–Crippen MR) is 107 cm³/mol. The summed E-state index contributed by atoms with van der Waals surface area (Å²) in [6, 6.07) is 16.7. The van der Waals surface area contributed by atoms with E-state index in [9.17, 15) is 0 Å². The first-order chi connectivity index (χ1) is 13.8. The van der Waals surface area contributed by atoms with Crippen LogP contribution in [0.15, 0.2) is 54.7 Å². The minimum absolute atomic E-state index is 0.145. The molecule has 3 aromatic rings. The Morgan fingerprint density at radius 1 is 1.04 bits per heavy atom. The average Bonchev–Trinajstić information content (AvgIpc) is 3.35. The highest BCUT2D eigenvalue weighted by molar-refractivity contribution is 5.66. The molecule has 2 aliphatic heterocycles. The van der Waals surface area contributed by atoms with E-state index in [4.69, 9.17) is 15.2 Å². The zero-order valence-electron chi connectivity index (χ0n) is 15.7. The first-order valence-electron chi connectivity index (χ1n) is 9.73. The van der Waals surface area contributed by atoms with E-state index in [1.807, 2.05) is 30.5 Å². The van der Waals surface area contributed by atoms with E-state index in [1.165, 1.54) is 5.56 Å². The Hall–Kier alpha value is -2.83. The minimum atomic E-state index is 0.145. The number of H-pyrrole nitrogens is 1. The third kappa shape index (κ3) is 3.25. The molecule has 0 saturated carbocycles. The molecule has 1 saturated heterocycles. The molecule has 1 fully saturated rings. The van der Waals surface area contributed by atoms with E-state index in [-0.39, 0.29) is 6.04 Å². The molecule has 0 radical (unpaired) electrons. The van der Waals surface area contributed by atoms with Crippen LogP contribution in [-0.4, -0.2) is 47.4 Å². The quantitative estimate of drug-likeness (QED) is 0.732. The van der Waals surface area contributed by atoms with Crippen LogP contribution in [0.1, 0.15) is 17.0 Å². The number of rotatable bonds is 4. The molecule has 6 nitrogen and oxygen atoms in total. The van der Waals surface area contributed by atoms with Gasteiger partial charge in [0, 0.05) is 42.7 Å². The molecule has 2 aliphatic rings. The summed E-state index contributed by atoms with van der Waals surface area (Å²) in [7, 11) is 0. The second kappa shape index (κ2) is 7.30. The van der Waals surface area contributed by atoms with Crippen LogP contribution < -0.4 is 15.2 Å². The number of aromatic amines is 1. The highest BCUT2D eigenvalue weighted by Gasteiger charge is 2.31. The lowest BCUT2D eigenvalue weighted by atomic mass is 9.95. The fourth-order valence-corrected chi connectivity index (χ4v) is 4.22. The molecule has 28 heavy (non-hydrogen) atoms. The monoisotopic (exact) mass is 376 g/mol. The van der Waals surface area contributed by atoms with Gasteiger partial charge in [-0.05, 0) is 23.8 Å². The summed E-state index contributed by atoms with van der Waals surface area (Å²) in [6.45, 7) is 3.83. The van der Waals surface area contributed by atoms with Gasteiger partial charge in [-0.2, -0.15) is 5.10 Å². The van der Waals surface area contributed by atoms with Crippen molar-refractivity contribution < 1.29 is 9.47 Å². The predicted octanol–water partition coefficient (Wildman–Crippen LogP) is 2.77. The largest absolute Gasteiger partial charge is 0.486 e. The Kier molecular flexibility index (Phi) is 4.50. The average molecular weight is 376 g/mol. The SMILES string of the molecule is N[C@@H]1CN(Cc2cn[nH]c2-c2ccc3c(c2)OCCO3)C[C@H]1c1ccccc1. The van der Waals surface area contributed by atoms with Gasteiger partial charge in [-0.1, -0.05) is 30.3 Å². The summed E-state index contributed by atoms with van der Waals surface area (Å²) < 4.78 is 11.4. The second-order valence-electron chi connectivity index (χ2n) is 7.50. The Labute approximate surface area is 164 Å². The first kappa shape index (κ1) is 17.3. The van der Waals surface area contributed by atoms with Gasteiger partial charge in [0.1, 0.15) is 13.2 Å². The van der Waals surface area contributed by atoms with Crippen LogP contribution in [0.5, 0.6) is 11.5 Å². The summed E-state index contributed by atoms with van der Waals surface area (Å²) in [5.74, 6) is 1.95. The van der Waals surface area contributed by atoms with Crippen LogP contribution >= 0.6 is 0 Å². The standard InChI is InChI=1S/C22H24N4O2/c23-19-14-26(13-18(19)15-4-2-1-3-5-15)12-17-11-24-25-22(17)16-6-7-20-21(10-16)28-9-8-27-20/h1-7,10-11,18-19H,8-9,12-14,23H2,(H,24,25)/t18-,19+/m0/s1. The van der Waals surface area contributed by atoms with Gasteiger partial charge in [-0.15, -0.1) is 0 Å². The van der Waals surface area contributed by atoms with Crippen molar-refractivity contribution in [1.29, 1.82) is 0 Å². The number of fused-ring (bicyclic) bond motifs is 1. The molecular formula is C22H24N4O2. The van der Waals surface area contributed by atoms with Crippen LogP contribution in [0, 0.1) is 0 Å². The van der Waals surface area contributed by atoms with E-state index < -0.39 is 0 Å². The van der Waals surface area contributed by atoms with Crippen molar-refractivity contribution in [3.63, 3.8) is 0 Å². The second-order valence-corrected chi connectivity index (χ2v) is 7.50. The maximum absolute atomic E-state index is 6.46. The Balaban J connectivity index is 1.35. The topological polar surface area (TPSA) is 76.4 Å². The number of hydrogen-bond donors (Lipinski definition) is 2. The molecule has 0 bridgehead atoms. The highest BCUT2D eigenvalue weighted by atomic mass is 16.6. The summed E-state index contributed by atoms with van der Waals surface area (Å²) >= 11 is 0. The number of nitrogens with two attached hydrogens (primary N) is 1. The molecule has 0 amide bonds. The molecule has 3 N–H and O–H groups in total. The van der Waals surface area contributed by atoms with Gasteiger partial charge in [-0.3, -0.25) is 10.00 Å². The summed E-state index contributed by atoms with van der Waals surface area (Å²) in [5.41, 5.74) is 11.0. The minimum Gasteiger partial charge on any atom is -0.486 e. The summed E-state index contributed by atoms with van der Waals surface area (Å²) in [6.07, 6.45) is 1.91. The zero-order valence-corrected chi connectivity index (χ0v) is 15.7. The number of nitrogens with one attached hydrogen (secondary N) is 1. The molecule has 144 valence electrons. The van der Waals surface area contributed by atoms with Gasteiger partial charge in [0.05, 0.1) is 11.9 Å². The lowest BCUT2D eigenvalue weighted by molar-refractivity contribution is 0.171. The third-order valence-electron chi connectivity index (χ3n) is 5.61. The van der Waals surface area contributed by atoms with E-state index in [0.29, 0.717) is 19.1 Å². The maximum atomic E-state index is 6.46. The normalized spacial score (nSPS) is 21.8. The number of nitrogens with zero attached hydrogens (tertiary/aromatic N) is 2. The van der Waals surface area contributed by atoms with E-state index in [1.54, 1.807) is 0 Å². The maximum Gasteiger partial charge on any atom is 0.162 e. The van der Waals surface area contributed by atoms with Gasteiger partial charge >= 0.3 is 0 Å². The fraction of sp³-hybridized carbons (Fsp3) is 0.318. The molecule has 0 unspecified atom stereocenters. The van der Waals surface area contributed by atoms with Gasteiger partial charge in [0.2, 0.25) is 0 Å². The molecule has 2 atom stereocenters. The zero-order chi connectivity index (χ0) is 18.9. The third-order valence-corrected chi connectivity index (χ3v) is 5.61. The van der Waals surface area contributed by atoms with Crippen molar-refractivity contribution in [2.75, 3.05) is 26.3 Å². The van der Waals surface area contributed by atoms with Crippen molar-refractivity contribution in [2.24, 2.45) is 5.73 Å². The van der Waals surface area contributed by atoms with Crippen LogP contribution in [0.4, 0.5) is 0 Å². The van der Waals surface area contributed by atoms with Crippen LogP contribution in [-0.2, 0) is 6.54 Å². The number of hydrogen-bond acceptors (Lipinski definition) is 5. The van der Waals surface area contributed by atoms with Crippen molar-refractivity contribution >= 4 is 0 Å². The van der Waals surface area contributed by atoms with E-state index in [2.05, 4.69) is 39.4 Å². The molecule has 3 heterocycles. The van der Waals surface area contributed by atoms with Crippen molar-refractivity contribution in [2.45, 2.75) is 18.5 Å². The number of likely N-dealkylation sites (tertiary alicyclic amines) is 1. The van der Waals surface area contributed by atoms with Gasteiger partial charge in [-0.25, -0.2) is 0 Å². The number of benzene rings is 2. The van der Waals surface area contributed by atoms with Crippen molar-refractivity contribution in [3.8, 4) is 22.8 Å². The summed E-state index contributed by atoms with van der Waals surface area (Å²) in [4.78, 5) is 2.41. The summed E-state index contributed by atoms with van der Waals surface area (Å²) in [5, 5.41) is 7.45. The molecular weight excluding hydrogens is 352 g/mol. The Morgan fingerprint density at radius 3 is 2.71 bits per heavy atom.